The molecule has 3 nitrogen and oxygen atoms in total. The van der Waals surface area contributed by atoms with E-state index >= 15 is 0 Å². The first-order chi connectivity index (χ1) is 17.3. The van der Waals surface area contributed by atoms with Gasteiger partial charge in [-0.15, -0.1) is 0 Å². The van der Waals surface area contributed by atoms with Crippen LogP contribution in [0.2, 0.25) is 0 Å². The van der Waals surface area contributed by atoms with E-state index in [0.29, 0.717) is 13.0 Å². The highest BCUT2D eigenvalue weighted by molar-refractivity contribution is 6.00. The minimum atomic E-state index is -0.0429. The fourth-order valence-electron chi connectivity index (χ4n) is 4.80. The van der Waals surface area contributed by atoms with Gasteiger partial charge >= 0.3 is 5.97 Å². The number of esters is 1. The Balaban J connectivity index is 1.16. The minimum absolute atomic E-state index is 0.0429. The molecule has 0 saturated carbocycles. The molecule has 0 spiro atoms. The Morgan fingerprint density at radius 2 is 1.17 bits per heavy atom. The topological polar surface area (TPSA) is 35.5 Å². The first kappa shape index (κ1) is 27.0. The molecule has 0 N–H and O–H groups in total. The lowest BCUT2D eigenvalue weighted by atomic mass is 10.0. The third-order valence-electron chi connectivity index (χ3n) is 6.79. The minimum Gasteiger partial charge on any atom is -0.493 e. The van der Waals surface area contributed by atoms with Crippen molar-refractivity contribution in [1.29, 1.82) is 0 Å². The smallest absolute Gasteiger partial charge is 0.305 e. The van der Waals surface area contributed by atoms with Crippen molar-refractivity contribution in [2.45, 2.75) is 96.8 Å². The van der Waals surface area contributed by atoms with Gasteiger partial charge in [-0.25, -0.2) is 0 Å². The van der Waals surface area contributed by atoms with Crippen LogP contribution in [0.1, 0.15) is 96.8 Å². The van der Waals surface area contributed by atoms with Crippen LogP contribution >= 0.6 is 0 Å². The molecule has 0 heterocycles. The predicted molar refractivity (Wildman–Crippen MR) is 148 cm³/mol. The van der Waals surface area contributed by atoms with E-state index in [4.69, 9.17) is 9.47 Å². The second-order valence-corrected chi connectivity index (χ2v) is 9.68. The molecule has 0 aliphatic carbocycles. The standard InChI is InChI=1S/C32H44O3/c1-2-34-32(33)23-14-12-10-8-6-4-3-5-7-9-11-13-17-24-35-31-22-18-21-29-25-27-19-15-16-20-28(27)26-30(29)31/h15-16,18-22,25-26H,2-14,17,23-24H2,1H3. The SMILES string of the molecule is CCOC(=O)CCCCCCCCCCCCCCCOc1cccc2cc3ccccc3cc12. The van der Waals surface area contributed by atoms with Crippen LogP contribution in [0.3, 0.4) is 0 Å². The van der Waals surface area contributed by atoms with E-state index in [2.05, 4.69) is 54.6 Å². The highest BCUT2D eigenvalue weighted by atomic mass is 16.5. The monoisotopic (exact) mass is 476 g/mol. The number of hydrogen-bond acceptors (Lipinski definition) is 3. The van der Waals surface area contributed by atoms with Gasteiger partial charge in [0.05, 0.1) is 13.2 Å². The summed E-state index contributed by atoms with van der Waals surface area (Å²) in [5.41, 5.74) is 0. The summed E-state index contributed by atoms with van der Waals surface area (Å²) in [5.74, 6) is 0.964. The number of fused-ring (bicyclic) bond motifs is 2. The second kappa shape index (κ2) is 16.2. The lowest BCUT2D eigenvalue weighted by Crippen LogP contribution is -2.03. The van der Waals surface area contributed by atoms with Gasteiger partial charge < -0.3 is 9.47 Å². The van der Waals surface area contributed by atoms with E-state index in [9.17, 15) is 4.79 Å². The van der Waals surface area contributed by atoms with Crippen LogP contribution in [-0.2, 0) is 9.53 Å². The lowest BCUT2D eigenvalue weighted by molar-refractivity contribution is -0.143. The largest absolute Gasteiger partial charge is 0.493 e. The second-order valence-electron chi connectivity index (χ2n) is 9.68. The van der Waals surface area contributed by atoms with Gasteiger partial charge in [-0.3, -0.25) is 4.79 Å². The molecule has 3 aromatic carbocycles. The van der Waals surface area contributed by atoms with Crippen molar-refractivity contribution in [2.24, 2.45) is 0 Å². The highest BCUT2D eigenvalue weighted by Crippen LogP contribution is 2.30. The number of benzene rings is 3. The van der Waals surface area contributed by atoms with Crippen molar-refractivity contribution in [3.63, 3.8) is 0 Å². The maximum absolute atomic E-state index is 11.3. The zero-order chi connectivity index (χ0) is 24.6. The van der Waals surface area contributed by atoms with Crippen LogP contribution in [0.15, 0.2) is 54.6 Å². The Morgan fingerprint density at radius 3 is 1.80 bits per heavy atom. The molecule has 0 aliphatic rings. The van der Waals surface area contributed by atoms with Crippen molar-refractivity contribution in [1.82, 2.24) is 0 Å². The molecule has 0 saturated heterocycles. The van der Waals surface area contributed by atoms with E-state index in [1.807, 2.05) is 6.92 Å². The normalized spacial score (nSPS) is 11.2. The molecule has 0 atom stereocenters. The highest BCUT2D eigenvalue weighted by Gasteiger charge is 2.04. The van der Waals surface area contributed by atoms with Crippen LogP contribution < -0.4 is 4.74 Å². The molecule has 35 heavy (non-hydrogen) atoms. The molecule has 0 aromatic heterocycles. The molecule has 3 rings (SSSR count). The quantitative estimate of drug-likeness (QED) is 0.104. The lowest BCUT2D eigenvalue weighted by Gasteiger charge is -2.10. The van der Waals surface area contributed by atoms with Crippen LogP contribution in [0.25, 0.3) is 21.5 Å². The summed E-state index contributed by atoms with van der Waals surface area (Å²) in [6.45, 7) is 3.16. The van der Waals surface area contributed by atoms with Crippen LogP contribution in [0.4, 0.5) is 0 Å². The van der Waals surface area contributed by atoms with Crippen molar-refractivity contribution < 1.29 is 14.3 Å². The summed E-state index contributed by atoms with van der Waals surface area (Å²) < 4.78 is 11.1. The first-order valence-electron chi connectivity index (χ1n) is 14.0. The van der Waals surface area contributed by atoms with Crippen LogP contribution in [0.5, 0.6) is 5.75 Å². The maximum atomic E-state index is 11.3. The Labute approximate surface area is 212 Å². The molecule has 0 unspecified atom stereocenters. The van der Waals surface area contributed by atoms with Gasteiger partial charge in [0, 0.05) is 11.8 Å². The Bertz CT molecular complexity index is 1010. The molecule has 3 heteroatoms. The van der Waals surface area contributed by atoms with Crippen molar-refractivity contribution >= 4 is 27.5 Å². The van der Waals surface area contributed by atoms with Gasteiger partial charge in [0.2, 0.25) is 0 Å². The Kier molecular flexibility index (Phi) is 12.5. The molecule has 0 bridgehead atoms. The van der Waals surface area contributed by atoms with E-state index in [1.54, 1.807) is 0 Å². The zero-order valence-corrected chi connectivity index (χ0v) is 21.7. The summed E-state index contributed by atoms with van der Waals surface area (Å²) in [7, 11) is 0. The average Bonchev–Trinajstić information content (AvgIpc) is 2.87. The first-order valence-corrected chi connectivity index (χ1v) is 14.0. The summed E-state index contributed by atoms with van der Waals surface area (Å²) in [4.78, 5) is 11.3. The molecule has 3 aromatic rings. The molecule has 190 valence electrons. The molecule has 0 fully saturated rings. The van der Waals surface area contributed by atoms with Gasteiger partial charge in [0.15, 0.2) is 0 Å². The zero-order valence-electron chi connectivity index (χ0n) is 21.7. The summed E-state index contributed by atoms with van der Waals surface area (Å²) in [6.07, 6.45) is 17.1. The molecular formula is C32H44O3. The third-order valence-corrected chi connectivity index (χ3v) is 6.79. The van der Waals surface area contributed by atoms with Gasteiger partial charge in [0.25, 0.3) is 0 Å². The maximum Gasteiger partial charge on any atom is 0.305 e. The number of carbonyl (C=O) groups is 1. The van der Waals surface area contributed by atoms with Crippen LogP contribution in [-0.4, -0.2) is 19.2 Å². The van der Waals surface area contributed by atoms with Gasteiger partial charge in [-0.1, -0.05) is 107 Å². The summed E-state index contributed by atoms with van der Waals surface area (Å²) in [5, 5.41) is 5.00. The van der Waals surface area contributed by atoms with Crippen LogP contribution in [0, 0.1) is 0 Å². The van der Waals surface area contributed by atoms with Gasteiger partial charge in [-0.2, -0.15) is 0 Å². The Morgan fingerprint density at radius 1 is 0.629 bits per heavy atom. The van der Waals surface area contributed by atoms with Gasteiger partial charge in [0.1, 0.15) is 5.75 Å². The molecule has 0 aliphatic heterocycles. The van der Waals surface area contributed by atoms with Crippen molar-refractivity contribution in [3.05, 3.63) is 54.6 Å². The van der Waals surface area contributed by atoms with E-state index < -0.39 is 0 Å². The van der Waals surface area contributed by atoms with E-state index in [0.717, 1.165) is 31.6 Å². The molecular weight excluding hydrogens is 432 g/mol. The summed E-state index contributed by atoms with van der Waals surface area (Å²) in [6, 6.07) is 19.4. The molecule has 0 radical (unpaired) electrons. The number of ether oxygens (including phenoxy) is 2. The number of hydrogen-bond donors (Lipinski definition) is 0. The average molecular weight is 477 g/mol. The van der Waals surface area contributed by atoms with Crippen molar-refractivity contribution in [3.8, 4) is 5.75 Å². The number of rotatable bonds is 18. The summed E-state index contributed by atoms with van der Waals surface area (Å²) >= 11 is 0. The van der Waals surface area contributed by atoms with E-state index in [1.165, 1.54) is 85.8 Å². The Hall–Kier alpha value is -2.55. The number of carbonyl (C=O) groups excluding carboxylic acids is 1. The third kappa shape index (κ3) is 9.92. The predicted octanol–water partition coefficient (Wildman–Crippen LogP) is 9.40. The number of unbranched alkanes of at least 4 members (excludes halogenated alkanes) is 12. The fraction of sp³-hybridized carbons (Fsp3) is 0.531. The van der Waals surface area contributed by atoms with Gasteiger partial charge in [-0.05, 0) is 54.1 Å². The van der Waals surface area contributed by atoms with Crippen molar-refractivity contribution in [2.75, 3.05) is 13.2 Å². The molecule has 0 amide bonds. The van der Waals surface area contributed by atoms with E-state index in [-0.39, 0.29) is 5.97 Å². The fourth-order valence-corrected chi connectivity index (χ4v) is 4.80.